The Hall–Kier alpha value is -1.89. The van der Waals surface area contributed by atoms with Crippen LogP contribution in [0.15, 0.2) is 12.1 Å². The summed E-state index contributed by atoms with van der Waals surface area (Å²) in [5.74, 6) is -0.797. The number of benzene rings is 1. The molecule has 1 aromatic carbocycles. The van der Waals surface area contributed by atoms with E-state index in [1.807, 2.05) is 0 Å². The van der Waals surface area contributed by atoms with E-state index in [9.17, 15) is 13.6 Å². The van der Waals surface area contributed by atoms with E-state index in [2.05, 4.69) is 0 Å². The van der Waals surface area contributed by atoms with E-state index < -0.39 is 24.9 Å². The van der Waals surface area contributed by atoms with E-state index in [1.54, 1.807) is 0 Å². The van der Waals surface area contributed by atoms with E-state index in [0.29, 0.717) is 0 Å². The van der Waals surface area contributed by atoms with Gasteiger partial charge in [0.1, 0.15) is 0 Å². The standard InChI is InChI=1S/C12H15F2NO4/c1-18-9-3-6(8(15)5-11(16)17)7(12(13)14)4-10(9)19-2/h3-4,8,12H,5,15H2,1-2H3,(H,16,17). The van der Waals surface area contributed by atoms with E-state index in [0.717, 1.165) is 6.07 Å². The van der Waals surface area contributed by atoms with Crippen LogP contribution in [0.2, 0.25) is 0 Å². The molecule has 1 rings (SSSR count). The lowest BCUT2D eigenvalue weighted by atomic mass is 9.98. The van der Waals surface area contributed by atoms with Crippen LogP contribution in [0.1, 0.15) is 30.0 Å². The van der Waals surface area contributed by atoms with E-state index in [-0.39, 0.29) is 22.6 Å². The number of methoxy groups -OCH3 is 2. The van der Waals surface area contributed by atoms with Crippen molar-refractivity contribution in [3.05, 3.63) is 23.3 Å². The molecular weight excluding hydrogens is 260 g/mol. The molecule has 106 valence electrons. The highest BCUT2D eigenvalue weighted by Gasteiger charge is 2.23. The molecule has 19 heavy (non-hydrogen) atoms. The molecule has 1 unspecified atom stereocenters. The van der Waals surface area contributed by atoms with Gasteiger partial charge in [-0.1, -0.05) is 0 Å². The lowest BCUT2D eigenvalue weighted by molar-refractivity contribution is -0.137. The quantitative estimate of drug-likeness (QED) is 0.831. The zero-order valence-corrected chi connectivity index (χ0v) is 10.5. The molecule has 0 spiro atoms. The van der Waals surface area contributed by atoms with Crippen LogP contribution in [0.5, 0.6) is 11.5 Å². The van der Waals surface area contributed by atoms with Crippen LogP contribution in [-0.2, 0) is 4.79 Å². The van der Waals surface area contributed by atoms with Gasteiger partial charge in [0.25, 0.3) is 6.43 Å². The molecule has 0 saturated heterocycles. The molecule has 0 aliphatic heterocycles. The van der Waals surface area contributed by atoms with Crippen molar-refractivity contribution in [1.29, 1.82) is 0 Å². The molecule has 0 aliphatic carbocycles. The monoisotopic (exact) mass is 275 g/mol. The van der Waals surface area contributed by atoms with E-state index >= 15 is 0 Å². The summed E-state index contributed by atoms with van der Waals surface area (Å²) in [5.41, 5.74) is 5.32. The third-order valence-corrected chi connectivity index (χ3v) is 2.62. The molecule has 0 bridgehead atoms. The number of carboxylic acids is 1. The fraction of sp³-hybridized carbons (Fsp3) is 0.417. The number of ether oxygens (including phenoxy) is 2. The van der Waals surface area contributed by atoms with Crippen molar-refractivity contribution in [2.75, 3.05) is 14.2 Å². The van der Waals surface area contributed by atoms with Crippen molar-refractivity contribution >= 4 is 5.97 Å². The Morgan fingerprint density at radius 2 is 1.74 bits per heavy atom. The van der Waals surface area contributed by atoms with Crippen LogP contribution in [-0.4, -0.2) is 25.3 Å². The van der Waals surface area contributed by atoms with Gasteiger partial charge < -0.3 is 20.3 Å². The molecule has 3 N–H and O–H groups in total. The van der Waals surface area contributed by atoms with Gasteiger partial charge in [0.2, 0.25) is 0 Å². The first-order valence-corrected chi connectivity index (χ1v) is 5.42. The van der Waals surface area contributed by atoms with Crippen LogP contribution < -0.4 is 15.2 Å². The highest BCUT2D eigenvalue weighted by Crippen LogP contribution is 2.37. The third kappa shape index (κ3) is 3.54. The largest absolute Gasteiger partial charge is 0.493 e. The van der Waals surface area contributed by atoms with Gasteiger partial charge in [0.05, 0.1) is 20.6 Å². The predicted molar refractivity (Wildman–Crippen MR) is 63.7 cm³/mol. The normalized spacial score (nSPS) is 12.3. The minimum absolute atomic E-state index is 0.0371. The minimum atomic E-state index is -2.78. The fourth-order valence-electron chi connectivity index (χ4n) is 1.72. The number of hydrogen-bond acceptors (Lipinski definition) is 4. The second kappa shape index (κ2) is 6.33. The van der Waals surface area contributed by atoms with Crippen molar-refractivity contribution in [2.45, 2.75) is 18.9 Å². The van der Waals surface area contributed by atoms with Crippen molar-refractivity contribution < 1.29 is 28.2 Å². The van der Waals surface area contributed by atoms with Crippen LogP contribution >= 0.6 is 0 Å². The molecule has 1 atom stereocenters. The summed E-state index contributed by atoms with van der Waals surface area (Å²) in [6, 6.07) is 1.36. The SMILES string of the molecule is COc1cc(C(F)F)c(C(N)CC(=O)O)cc1OC. The number of aliphatic carboxylic acids is 1. The maximum atomic E-state index is 13.0. The third-order valence-electron chi connectivity index (χ3n) is 2.62. The van der Waals surface area contributed by atoms with Gasteiger partial charge in [-0.2, -0.15) is 0 Å². The molecule has 5 nitrogen and oxygen atoms in total. The van der Waals surface area contributed by atoms with Gasteiger partial charge >= 0.3 is 5.97 Å². The summed E-state index contributed by atoms with van der Waals surface area (Å²) < 4.78 is 35.9. The van der Waals surface area contributed by atoms with Crippen molar-refractivity contribution in [3.63, 3.8) is 0 Å². The number of carboxylic acid groups (broad SMARTS) is 1. The molecule has 0 amide bonds. The molecule has 0 radical (unpaired) electrons. The number of nitrogens with two attached hydrogens (primary N) is 1. The number of halogens is 2. The molecule has 1 aromatic rings. The van der Waals surface area contributed by atoms with Crippen LogP contribution in [0, 0.1) is 0 Å². The second-order valence-corrected chi connectivity index (χ2v) is 3.84. The van der Waals surface area contributed by atoms with Crippen LogP contribution in [0.3, 0.4) is 0 Å². The van der Waals surface area contributed by atoms with Gasteiger partial charge in [-0.3, -0.25) is 4.79 Å². The number of carbonyl (C=O) groups is 1. The first kappa shape index (κ1) is 15.2. The first-order chi connectivity index (χ1) is 8.90. The maximum Gasteiger partial charge on any atom is 0.305 e. The number of rotatable bonds is 6. The zero-order valence-electron chi connectivity index (χ0n) is 10.5. The maximum absolute atomic E-state index is 13.0. The fourth-order valence-corrected chi connectivity index (χ4v) is 1.72. The lowest BCUT2D eigenvalue weighted by Crippen LogP contribution is -2.17. The smallest absolute Gasteiger partial charge is 0.305 e. The molecule has 0 fully saturated rings. The van der Waals surface area contributed by atoms with Gasteiger partial charge in [-0.25, -0.2) is 8.78 Å². The second-order valence-electron chi connectivity index (χ2n) is 3.84. The summed E-state index contributed by atoms with van der Waals surface area (Å²) in [5, 5.41) is 8.68. The summed E-state index contributed by atoms with van der Waals surface area (Å²) >= 11 is 0. The number of alkyl halides is 2. The lowest BCUT2D eigenvalue weighted by Gasteiger charge is -2.18. The molecule has 0 aromatic heterocycles. The molecule has 0 heterocycles. The van der Waals surface area contributed by atoms with Crippen LogP contribution in [0.4, 0.5) is 8.78 Å². The van der Waals surface area contributed by atoms with Crippen LogP contribution in [0.25, 0.3) is 0 Å². The Morgan fingerprint density at radius 3 is 2.11 bits per heavy atom. The van der Waals surface area contributed by atoms with Gasteiger partial charge in [0.15, 0.2) is 11.5 Å². The Balaban J connectivity index is 3.30. The number of hydrogen-bond donors (Lipinski definition) is 2. The molecule has 7 heteroatoms. The topological polar surface area (TPSA) is 81.8 Å². The van der Waals surface area contributed by atoms with E-state index in [4.69, 9.17) is 20.3 Å². The predicted octanol–water partition coefficient (Wildman–Crippen LogP) is 2.12. The Kier molecular flexibility index (Phi) is 5.05. The van der Waals surface area contributed by atoms with Crippen molar-refractivity contribution in [1.82, 2.24) is 0 Å². The summed E-state index contributed by atoms with van der Waals surface area (Å²) in [6.45, 7) is 0. The Morgan fingerprint density at radius 1 is 1.26 bits per heavy atom. The first-order valence-electron chi connectivity index (χ1n) is 5.42. The summed E-state index contributed by atoms with van der Waals surface area (Å²) in [7, 11) is 2.68. The van der Waals surface area contributed by atoms with Gasteiger partial charge in [-0.05, 0) is 17.7 Å². The molecule has 0 aliphatic rings. The molecule has 0 saturated carbocycles. The van der Waals surface area contributed by atoms with Crippen molar-refractivity contribution in [2.24, 2.45) is 5.73 Å². The zero-order chi connectivity index (χ0) is 14.6. The highest BCUT2D eigenvalue weighted by molar-refractivity contribution is 5.68. The average Bonchev–Trinajstić information content (AvgIpc) is 2.35. The summed E-state index contributed by atoms with van der Waals surface area (Å²) in [6.07, 6.45) is -3.23. The Labute approximate surface area is 108 Å². The van der Waals surface area contributed by atoms with Gasteiger partial charge in [0, 0.05) is 11.6 Å². The minimum Gasteiger partial charge on any atom is -0.493 e. The molecular formula is C12H15F2NO4. The van der Waals surface area contributed by atoms with Gasteiger partial charge in [-0.15, -0.1) is 0 Å². The highest BCUT2D eigenvalue weighted by atomic mass is 19.3. The Bertz CT molecular complexity index is 465. The average molecular weight is 275 g/mol. The summed E-state index contributed by atoms with van der Waals surface area (Å²) in [4.78, 5) is 10.6. The van der Waals surface area contributed by atoms with Crippen molar-refractivity contribution in [3.8, 4) is 11.5 Å². The van der Waals surface area contributed by atoms with E-state index in [1.165, 1.54) is 20.3 Å².